The number of phenols is 1. The molecule has 0 aliphatic rings. The SMILES string of the molecule is COc1cccc(C=Cc2cccc(O)c2)c1. The molecule has 1 N–H and O–H groups in total. The van der Waals surface area contributed by atoms with Crippen LogP contribution in [0.5, 0.6) is 11.5 Å². The van der Waals surface area contributed by atoms with E-state index in [1.165, 1.54) is 0 Å². The van der Waals surface area contributed by atoms with Crippen LogP contribution in [0.3, 0.4) is 0 Å². The summed E-state index contributed by atoms with van der Waals surface area (Å²) in [6.07, 6.45) is 3.94. The lowest BCUT2D eigenvalue weighted by Gasteiger charge is -2.00. The van der Waals surface area contributed by atoms with E-state index in [4.69, 9.17) is 4.74 Å². The molecule has 2 aromatic carbocycles. The van der Waals surface area contributed by atoms with Crippen molar-refractivity contribution in [3.63, 3.8) is 0 Å². The Kier molecular flexibility index (Phi) is 3.46. The average molecular weight is 226 g/mol. The Hall–Kier alpha value is -2.22. The smallest absolute Gasteiger partial charge is 0.119 e. The summed E-state index contributed by atoms with van der Waals surface area (Å²) in [4.78, 5) is 0. The van der Waals surface area contributed by atoms with E-state index in [-0.39, 0.29) is 5.75 Å². The Morgan fingerprint density at radius 2 is 1.59 bits per heavy atom. The molecular weight excluding hydrogens is 212 g/mol. The molecule has 2 heteroatoms. The lowest BCUT2D eigenvalue weighted by atomic mass is 10.1. The van der Waals surface area contributed by atoms with Crippen LogP contribution in [0.15, 0.2) is 48.5 Å². The van der Waals surface area contributed by atoms with Crippen LogP contribution in [0.2, 0.25) is 0 Å². The van der Waals surface area contributed by atoms with Gasteiger partial charge in [0, 0.05) is 0 Å². The summed E-state index contributed by atoms with van der Waals surface area (Å²) < 4.78 is 5.15. The van der Waals surface area contributed by atoms with Crippen molar-refractivity contribution >= 4 is 12.2 Å². The summed E-state index contributed by atoms with van der Waals surface area (Å²) in [5.74, 6) is 1.11. The van der Waals surface area contributed by atoms with Crippen molar-refractivity contribution in [2.45, 2.75) is 0 Å². The summed E-state index contributed by atoms with van der Waals surface area (Å²) in [7, 11) is 1.65. The Morgan fingerprint density at radius 1 is 0.941 bits per heavy atom. The fraction of sp³-hybridized carbons (Fsp3) is 0.0667. The molecule has 0 aromatic heterocycles. The minimum absolute atomic E-state index is 0.276. The maximum atomic E-state index is 9.34. The molecule has 0 amide bonds. The van der Waals surface area contributed by atoms with Gasteiger partial charge >= 0.3 is 0 Å². The molecule has 2 rings (SSSR count). The summed E-state index contributed by atoms with van der Waals surface area (Å²) in [5, 5.41) is 9.34. The first kappa shape index (κ1) is 11.3. The molecule has 0 aliphatic heterocycles. The fourth-order valence-electron chi connectivity index (χ4n) is 1.57. The molecule has 0 bridgehead atoms. The van der Waals surface area contributed by atoms with Crippen LogP contribution in [0.4, 0.5) is 0 Å². The molecule has 0 saturated heterocycles. The van der Waals surface area contributed by atoms with Gasteiger partial charge in [0.15, 0.2) is 0 Å². The maximum Gasteiger partial charge on any atom is 0.119 e. The standard InChI is InChI=1S/C15H14O2/c1-17-15-7-3-5-13(11-15)9-8-12-4-2-6-14(16)10-12/h2-11,16H,1H3. The number of ether oxygens (including phenoxy) is 1. The van der Waals surface area contributed by atoms with Crippen molar-refractivity contribution in [3.05, 3.63) is 59.7 Å². The third-order valence-electron chi connectivity index (χ3n) is 2.43. The van der Waals surface area contributed by atoms with E-state index in [1.807, 2.05) is 48.6 Å². The van der Waals surface area contributed by atoms with Crippen molar-refractivity contribution in [1.82, 2.24) is 0 Å². The molecule has 0 unspecified atom stereocenters. The predicted molar refractivity (Wildman–Crippen MR) is 70.0 cm³/mol. The molecule has 0 fully saturated rings. The minimum atomic E-state index is 0.276. The third kappa shape index (κ3) is 3.11. The van der Waals surface area contributed by atoms with Crippen LogP contribution < -0.4 is 4.74 Å². The highest BCUT2D eigenvalue weighted by Gasteiger charge is 1.92. The van der Waals surface area contributed by atoms with E-state index in [9.17, 15) is 5.11 Å². The van der Waals surface area contributed by atoms with E-state index >= 15 is 0 Å². The number of benzene rings is 2. The van der Waals surface area contributed by atoms with Crippen molar-refractivity contribution in [2.24, 2.45) is 0 Å². The quantitative estimate of drug-likeness (QED) is 0.811. The topological polar surface area (TPSA) is 29.5 Å². The molecule has 0 saturated carbocycles. The predicted octanol–water partition coefficient (Wildman–Crippen LogP) is 3.57. The van der Waals surface area contributed by atoms with Gasteiger partial charge in [0.05, 0.1) is 7.11 Å². The van der Waals surface area contributed by atoms with Crippen LogP contribution >= 0.6 is 0 Å². The molecule has 0 radical (unpaired) electrons. The number of methoxy groups -OCH3 is 1. The van der Waals surface area contributed by atoms with Gasteiger partial charge in [-0.3, -0.25) is 0 Å². The van der Waals surface area contributed by atoms with Crippen LogP contribution in [-0.4, -0.2) is 12.2 Å². The van der Waals surface area contributed by atoms with Crippen LogP contribution in [0.1, 0.15) is 11.1 Å². The summed E-state index contributed by atoms with van der Waals surface area (Å²) in [6, 6.07) is 14.9. The number of phenolic OH excluding ortho intramolecular Hbond substituents is 1. The molecule has 0 atom stereocenters. The number of aromatic hydroxyl groups is 1. The molecule has 17 heavy (non-hydrogen) atoms. The zero-order valence-corrected chi connectivity index (χ0v) is 9.63. The molecule has 0 aliphatic carbocycles. The van der Waals surface area contributed by atoms with Crippen LogP contribution in [0.25, 0.3) is 12.2 Å². The van der Waals surface area contributed by atoms with Crippen molar-refractivity contribution < 1.29 is 9.84 Å². The lowest BCUT2D eigenvalue weighted by molar-refractivity contribution is 0.414. The number of rotatable bonds is 3. The Morgan fingerprint density at radius 3 is 2.24 bits per heavy atom. The van der Waals surface area contributed by atoms with E-state index in [2.05, 4.69) is 0 Å². The van der Waals surface area contributed by atoms with Gasteiger partial charge in [-0.1, -0.05) is 36.4 Å². The molecular formula is C15H14O2. The second kappa shape index (κ2) is 5.21. The van der Waals surface area contributed by atoms with Gasteiger partial charge in [-0.25, -0.2) is 0 Å². The van der Waals surface area contributed by atoms with Gasteiger partial charge in [-0.05, 0) is 35.4 Å². The largest absolute Gasteiger partial charge is 0.508 e. The highest BCUT2D eigenvalue weighted by molar-refractivity contribution is 5.70. The Bertz CT molecular complexity index is 530. The van der Waals surface area contributed by atoms with E-state index in [1.54, 1.807) is 19.2 Å². The second-order valence-electron chi connectivity index (χ2n) is 3.70. The van der Waals surface area contributed by atoms with E-state index < -0.39 is 0 Å². The fourth-order valence-corrected chi connectivity index (χ4v) is 1.57. The Labute approximate surface area is 101 Å². The molecule has 0 heterocycles. The normalized spacial score (nSPS) is 10.6. The summed E-state index contributed by atoms with van der Waals surface area (Å²) in [6.45, 7) is 0. The maximum absolute atomic E-state index is 9.34. The van der Waals surface area contributed by atoms with Crippen molar-refractivity contribution in [1.29, 1.82) is 0 Å². The first-order chi connectivity index (χ1) is 8.28. The monoisotopic (exact) mass is 226 g/mol. The van der Waals surface area contributed by atoms with Crippen LogP contribution in [-0.2, 0) is 0 Å². The molecule has 0 spiro atoms. The van der Waals surface area contributed by atoms with Gasteiger partial charge in [-0.15, -0.1) is 0 Å². The molecule has 86 valence electrons. The first-order valence-corrected chi connectivity index (χ1v) is 5.39. The van der Waals surface area contributed by atoms with Gasteiger partial charge in [0.25, 0.3) is 0 Å². The lowest BCUT2D eigenvalue weighted by Crippen LogP contribution is -1.82. The zero-order valence-electron chi connectivity index (χ0n) is 9.63. The van der Waals surface area contributed by atoms with Gasteiger partial charge in [0.2, 0.25) is 0 Å². The highest BCUT2D eigenvalue weighted by atomic mass is 16.5. The summed E-state index contributed by atoms with van der Waals surface area (Å²) in [5.41, 5.74) is 2.03. The van der Waals surface area contributed by atoms with E-state index in [0.717, 1.165) is 16.9 Å². The van der Waals surface area contributed by atoms with E-state index in [0.29, 0.717) is 0 Å². The molecule has 2 nitrogen and oxygen atoms in total. The van der Waals surface area contributed by atoms with Gasteiger partial charge < -0.3 is 9.84 Å². The third-order valence-corrected chi connectivity index (χ3v) is 2.43. The summed E-state index contributed by atoms with van der Waals surface area (Å²) >= 11 is 0. The second-order valence-corrected chi connectivity index (χ2v) is 3.70. The van der Waals surface area contributed by atoms with Crippen molar-refractivity contribution in [2.75, 3.05) is 7.11 Å². The highest BCUT2D eigenvalue weighted by Crippen LogP contribution is 2.17. The number of hydrogen-bond acceptors (Lipinski definition) is 2. The van der Waals surface area contributed by atoms with Crippen molar-refractivity contribution in [3.8, 4) is 11.5 Å². The number of hydrogen-bond donors (Lipinski definition) is 1. The zero-order chi connectivity index (χ0) is 12.1. The van der Waals surface area contributed by atoms with Crippen LogP contribution in [0, 0.1) is 0 Å². The Balaban J connectivity index is 2.19. The van der Waals surface area contributed by atoms with Gasteiger partial charge in [-0.2, -0.15) is 0 Å². The average Bonchev–Trinajstić information content (AvgIpc) is 2.37. The van der Waals surface area contributed by atoms with Gasteiger partial charge in [0.1, 0.15) is 11.5 Å². The minimum Gasteiger partial charge on any atom is -0.508 e. The first-order valence-electron chi connectivity index (χ1n) is 5.39. The molecule has 2 aromatic rings.